The van der Waals surface area contributed by atoms with E-state index in [1.807, 2.05) is 17.9 Å². The van der Waals surface area contributed by atoms with Gasteiger partial charge in [-0.3, -0.25) is 4.79 Å². The normalized spacial score (nSPS) is 28.9. The second-order valence-electron chi connectivity index (χ2n) is 6.26. The van der Waals surface area contributed by atoms with Crippen molar-refractivity contribution in [1.82, 2.24) is 10.2 Å². The lowest BCUT2D eigenvalue weighted by Gasteiger charge is -2.33. The first-order chi connectivity index (χ1) is 10.2. The zero-order valence-corrected chi connectivity index (χ0v) is 13.5. The van der Waals surface area contributed by atoms with Gasteiger partial charge in [-0.05, 0) is 50.6 Å². The average molecular weight is 308 g/mol. The Morgan fingerprint density at radius 1 is 1.57 bits per heavy atom. The largest absolute Gasteiger partial charge is 0.376 e. The third kappa shape index (κ3) is 3.47. The van der Waals surface area contributed by atoms with Crippen molar-refractivity contribution in [3.05, 3.63) is 22.4 Å². The van der Waals surface area contributed by atoms with Crippen molar-refractivity contribution in [1.29, 1.82) is 0 Å². The molecular formula is C16H24N2O2S. The Bertz CT molecular complexity index is 463. The predicted octanol–water partition coefficient (Wildman–Crippen LogP) is 2.40. The van der Waals surface area contributed by atoms with Gasteiger partial charge in [0.15, 0.2) is 0 Å². The molecule has 1 amide bonds. The monoisotopic (exact) mass is 308 g/mol. The van der Waals surface area contributed by atoms with E-state index < -0.39 is 5.54 Å². The molecule has 2 unspecified atom stereocenters. The summed E-state index contributed by atoms with van der Waals surface area (Å²) in [5.41, 5.74) is -0.393. The Labute approximate surface area is 130 Å². The highest BCUT2D eigenvalue weighted by atomic mass is 32.1. The number of nitrogens with zero attached hydrogens (tertiary/aromatic N) is 1. The van der Waals surface area contributed by atoms with Crippen LogP contribution in [-0.2, 0) is 16.1 Å². The number of thiophene rings is 1. The van der Waals surface area contributed by atoms with Crippen LogP contribution in [0.15, 0.2) is 17.5 Å². The molecule has 0 radical (unpaired) electrons. The fourth-order valence-electron chi connectivity index (χ4n) is 3.27. The van der Waals surface area contributed by atoms with Gasteiger partial charge in [-0.1, -0.05) is 6.07 Å². The SMILES string of the molecule is CC1(C(=O)N(Cc2cccs2)CC2CCCO2)CCCN1. The van der Waals surface area contributed by atoms with Crippen molar-refractivity contribution in [3.63, 3.8) is 0 Å². The zero-order chi connectivity index (χ0) is 14.7. The number of ether oxygens (including phenoxy) is 1. The second-order valence-corrected chi connectivity index (χ2v) is 7.29. The highest BCUT2D eigenvalue weighted by Crippen LogP contribution is 2.25. The molecule has 2 atom stereocenters. The molecule has 21 heavy (non-hydrogen) atoms. The molecule has 3 rings (SSSR count). The van der Waals surface area contributed by atoms with Crippen LogP contribution in [-0.4, -0.2) is 42.1 Å². The van der Waals surface area contributed by atoms with E-state index in [0.717, 1.165) is 38.8 Å². The fourth-order valence-corrected chi connectivity index (χ4v) is 3.99. The maximum Gasteiger partial charge on any atom is 0.243 e. The summed E-state index contributed by atoms with van der Waals surface area (Å²) in [6.45, 7) is 5.23. The van der Waals surface area contributed by atoms with E-state index in [9.17, 15) is 4.79 Å². The molecule has 0 spiro atoms. The predicted molar refractivity (Wildman–Crippen MR) is 84.4 cm³/mol. The number of nitrogens with one attached hydrogen (secondary N) is 1. The van der Waals surface area contributed by atoms with E-state index in [4.69, 9.17) is 4.74 Å². The smallest absolute Gasteiger partial charge is 0.243 e. The van der Waals surface area contributed by atoms with Crippen molar-refractivity contribution in [2.75, 3.05) is 19.7 Å². The topological polar surface area (TPSA) is 41.6 Å². The van der Waals surface area contributed by atoms with E-state index in [1.54, 1.807) is 11.3 Å². The van der Waals surface area contributed by atoms with Crippen LogP contribution in [0.4, 0.5) is 0 Å². The molecule has 1 aromatic heterocycles. The van der Waals surface area contributed by atoms with Gasteiger partial charge in [-0.15, -0.1) is 11.3 Å². The second kappa shape index (κ2) is 6.46. The minimum Gasteiger partial charge on any atom is -0.376 e. The van der Waals surface area contributed by atoms with E-state index in [0.29, 0.717) is 13.1 Å². The third-order valence-electron chi connectivity index (χ3n) is 4.50. The van der Waals surface area contributed by atoms with Crippen LogP contribution in [0, 0.1) is 0 Å². The number of carbonyl (C=O) groups excluding carboxylic acids is 1. The number of rotatable bonds is 5. The first-order valence-corrected chi connectivity index (χ1v) is 8.74. The first-order valence-electron chi connectivity index (χ1n) is 7.86. The molecule has 1 aromatic rings. The van der Waals surface area contributed by atoms with E-state index in [1.165, 1.54) is 4.88 Å². The van der Waals surface area contributed by atoms with Crippen LogP contribution >= 0.6 is 11.3 Å². The van der Waals surface area contributed by atoms with Gasteiger partial charge in [0, 0.05) is 18.0 Å². The minimum absolute atomic E-state index is 0.207. The lowest BCUT2D eigenvalue weighted by atomic mass is 9.98. The van der Waals surface area contributed by atoms with Crippen molar-refractivity contribution < 1.29 is 9.53 Å². The molecular weight excluding hydrogens is 284 g/mol. The standard InChI is InChI=1S/C16H24N2O2S/c1-16(7-4-8-17-16)15(19)18(11-13-5-2-9-20-13)12-14-6-3-10-21-14/h3,6,10,13,17H,2,4-5,7-9,11-12H2,1H3. The Balaban J connectivity index is 1.72. The number of hydrogen-bond donors (Lipinski definition) is 1. The summed E-state index contributed by atoms with van der Waals surface area (Å²) in [6.07, 6.45) is 4.39. The summed E-state index contributed by atoms with van der Waals surface area (Å²) in [5, 5.41) is 5.46. The van der Waals surface area contributed by atoms with E-state index in [-0.39, 0.29) is 12.0 Å². The Morgan fingerprint density at radius 2 is 2.48 bits per heavy atom. The van der Waals surface area contributed by atoms with Gasteiger partial charge in [0.05, 0.1) is 18.2 Å². The van der Waals surface area contributed by atoms with Crippen LogP contribution in [0.2, 0.25) is 0 Å². The minimum atomic E-state index is -0.393. The van der Waals surface area contributed by atoms with Gasteiger partial charge in [0.25, 0.3) is 0 Å². The molecule has 2 aliphatic rings. The highest BCUT2D eigenvalue weighted by molar-refractivity contribution is 7.09. The molecule has 3 heterocycles. The highest BCUT2D eigenvalue weighted by Gasteiger charge is 2.39. The Kier molecular flexibility index (Phi) is 4.62. The van der Waals surface area contributed by atoms with E-state index >= 15 is 0 Å². The van der Waals surface area contributed by atoms with Crippen molar-refractivity contribution >= 4 is 17.2 Å². The lowest BCUT2D eigenvalue weighted by molar-refractivity contribution is -0.139. The molecule has 0 aliphatic carbocycles. The fraction of sp³-hybridized carbons (Fsp3) is 0.688. The molecule has 1 N–H and O–H groups in total. The summed E-state index contributed by atoms with van der Waals surface area (Å²) >= 11 is 1.71. The number of hydrogen-bond acceptors (Lipinski definition) is 4. The maximum absolute atomic E-state index is 13.0. The summed E-state index contributed by atoms with van der Waals surface area (Å²) in [5.74, 6) is 0.226. The number of carbonyl (C=O) groups is 1. The Hall–Kier alpha value is -0.910. The average Bonchev–Trinajstić information content (AvgIpc) is 3.20. The zero-order valence-electron chi connectivity index (χ0n) is 12.6. The quantitative estimate of drug-likeness (QED) is 0.908. The van der Waals surface area contributed by atoms with Gasteiger partial charge in [0.1, 0.15) is 0 Å². The Morgan fingerprint density at radius 3 is 3.10 bits per heavy atom. The maximum atomic E-state index is 13.0. The summed E-state index contributed by atoms with van der Waals surface area (Å²) < 4.78 is 5.74. The summed E-state index contributed by atoms with van der Waals surface area (Å²) in [4.78, 5) is 16.2. The van der Waals surface area contributed by atoms with Crippen LogP contribution < -0.4 is 5.32 Å². The third-order valence-corrected chi connectivity index (χ3v) is 5.36. The van der Waals surface area contributed by atoms with Crippen LogP contribution in [0.5, 0.6) is 0 Å². The molecule has 0 saturated carbocycles. The number of amides is 1. The van der Waals surface area contributed by atoms with Gasteiger partial charge in [-0.25, -0.2) is 0 Å². The van der Waals surface area contributed by atoms with Gasteiger partial charge in [0.2, 0.25) is 5.91 Å². The van der Waals surface area contributed by atoms with Crippen LogP contribution in [0.25, 0.3) is 0 Å². The molecule has 0 bridgehead atoms. The molecule has 2 saturated heterocycles. The van der Waals surface area contributed by atoms with Gasteiger partial charge in [-0.2, -0.15) is 0 Å². The van der Waals surface area contributed by atoms with E-state index in [2.05, 4.69) is 16.8 Å². The molecule has 4 nitrogen and oxygen atoms in total. The molecule has 0 aromatic carbocycles. The lowest BCUT2D eigenvalue weighted by Crippen LogP contribution is -2.54. The molecule has 5 heteroatoms. The first kappa shape index (κ1) is 15.0. The molecule has 2 aliphatic heterocycles. The van der Waals surface area contributed by atoms with Crippen molar-refractivity contribution in [3.8, 4) is 0 Å². The van der Waals surface area contributed by atoms with Gasteiger partial charge < -0.3 is 15.0 Å². The summed E-state index contributed by atoms with van der Waals surface area (Å²) in [6, 6.07) is 4.15. The van der Waals surface area contributed by atoms with Gasteiger partial charge >= 0.3 is 0 Å². The van der Waals surface area contributed by atoms with Crippen LogP contribution in [0.3, 0.4) is 0 Å². The summed E-state index contributed by atoms with van der Waals surface area (Å²) in [7, 11) is 0. The van der Waals surface area contributed by atoms with Crippen LogP contribution in [0.1, 0.15) is 37.5 Å². The van der Waals surface area contributed by atoms with Crippen molar-refractivity contribution in [2.45, 2.75) is 50.8 Å². The molecule has 2 fully saturated rings. The van der Waals surface area contributed by atoms with Crippen molar-refractivity contribution in [2.24, 2.45) is 0 Å². The molecule has 116 valence electrons.